The number of fused-ring (bicyclic) bond motifs is 12. The number of rotatable bonds is 5. The van der Waals surface area contributed by atoms with Gasteiger partial charge in [0.1, 0.15) is 11.2 Å². The summed E-state index contributed by atoms with van der Waals surface area (Å²) >= 11 is 0. The van der Waals surface area contributed by atoms with Gasteiger partial charge < -0.3 is 13.9 Å². The summed E-state index contributed by atoms with van der Waals surface area (Å²) in [5.74, 6) is 0. The van der Waals surface area contributed by atoms with Crippen LogP contribution in [-0.4, -0.2) is 4.57 Å². The van der Waals surface area contributed by atoms with Crippen LogP contribution in [-0.2, 0) is 18.3 Å². The van der Waals surface area contributed by atoms with Gasteiger partial charge in [-0.1, -0.05) is 133 Å². The average Bonchev–Trinajstić information content (AvgIpc) is 4.05. The van der Waals surface area contributed by atoms with E-state index in [2.05, 4.69) is 210 Å². The van der Waals surface area contributed by atoms with Gasteiger partial charge in [0.25, 0.3) is 0 Å². The van der Waals surface area contributed by atoms with Gasteiger partial charge in [-0.2, -0.15) is 0 Å². The van der Waals surface area contributed by atoms with E-state index >= 15 is 0 Å². The van der Waals surface area contributed by atoms with Crippen molar-refractivity contribution >= 4 is 60.8 Å². The summed E-state index contributed by atoms with van der Waals surface area (Å²) in [6.07, 6.45) is 2.01. The van der Waals surface area contributed by atoms with Crippen LogP contribution in [0.1, 0.15) is 22.3 Å². The molecular formula is C57H38N2O. The third-order valence-corrected chi connectivity index (χ3v) is 13.4. The summed E-state index contributed by atoms with van der Waals surface area (Å²) < 4.78 is 8.88. The third-order valence-electron chi connectivity index (χ3n) is 13.4. The van der Waals surface area contributed by atoms with Gasteiger partial charge >= 0.3 is 0 Å². The maximum atomic E-state index is 6.49. The molecule has 0 amide bonds. The van der Waals surface area contributed by atoms with E-state index in [1.807, 2.05) is 6.07 Å². The van der Waals surface area contributed by atoms with Crippen LogP contribution in [0.3, 0.4) is 0 Å². The fourth-order valence-electron chi connectivity index (χ4n) is 10.7. The van der Waals surface area contributed by atoms with Crippen molar-refractivity contribution in [2.75, 3.05) is 4.90 Å². The lowest BCUT2D eigenvalue weighted by Gasteiger charge is -2.30. The second-order valence-corrected chi connectivity index (χ2v) is 16.6. The zero-order chi connectivity index (χ0) is 39.4. The predicted molar refractivity (Wildman–Crippen MR) is 248 cm³/mol. The molecule has 0 aliphatic heterocycles. The van der Waals surface area contributed by atoms with Crippen molar-refractivity contribution < 1.29 is 4.42 Å². The Balaban J connectivity index is 0.964. The molecule has 60 heavy (non-hydrogen) atoms. The molecule has 3 nitrogen and oxygen atoms in total. The second kappa shape index (κ2) is 12.7. The van der Waals surface area contributed by atoms with Crippen LogP contribution >= 0.6 is 0 Å². The first-order valence-electron chi connectivity index (χ1n) is 20.9. The van der Waals surface area contributed by atoms with Gasteiger partial charge in [-0.3, -0.25) is 0 Å². The molecule has 0 N–H and O–H groups in total. The highest BCUT2D eigenvalue weighted by atomic mass is 16.3. The van der Waals surface area contributed by atoms with Crippen LogP contribution in [0.2, 0.25) is 0 Å². The van der Waals surface area contributed by atoms with Crippen molar-refractivity contribution in [3.8, 4) is 27.9 Å². The van der Waals surface area contributed by atoms with Gasteiger partial charge in [0.15, 0.2) is 0 Å². The topological polar surface area (TPSA) is 21.3 Å². The standard InChI is InChI=1S/C57H38N2O/c1-2-14-41(15-3-1)59-53-20-10-7-17-47(53)48-29-24-38(32-54(48)59)37-22-25-42(26-23-37)58(44-28-31-50-49-18-8-11-21-55(49)60-56(50)34-44)43-27-30-46-45-16-6-9-19-51(45)57(52(46)33-43)35-39-12-4-5-13-40(39)36-57/h1-34H,35-36H2. The molecule has 282 valence electrons. The van der Waals surface area contributed by atoms with E-state index < -0.39 is 0 Å². The minimum absolute atomic E-state index is 0.106. The highest BCUT2D eigenvalue weighted by Crippen LogP contribution is 2.56. The van der Waals surface area contributed by atoms with Crippen molar-refractivity contribution in [1.82, 2.24) is 4.57 Å². The normalized spacial score (nSPS) is 13.7. The van der Waals surface area contributed by atoms with Crippen LogP contribution in [0.15, 0.2) is 211 Å². The monoisotopic (exact) mass is 766 g/mol. The van der Waals surface area contributed by atoms with E-state index in [4.69, 9.17) is 4.42 Å². The number of para-hydroxylation sites is 3. The lowest BCUT2D eigenvalue weighted by Crippen LogP contribution is -2.26. The summed E-state index contributed by atoms with van der Waals surface area (Å²) in [4.78, 5) is 2.41. The van der Waals surface area contributed by atoms with Crippen LogP contribution in [0, 0.1) is 0 Å². The van der Waals surface area contributed by atoms with Gasteiger partial charge in [0, 0.05) is 55.8 Å². The number of aromatic nitrogens is 1. The number of furan rings is 1. The van der Waals surface area contributed by atoms with Crippen molar-refractivity contribution in [1.29, 1.82) is 0 Å². The molecule has 2 aromatic heterocycles. The summed E-state index contributed by atoms with van der Waals surface area (Å²) in [5, 5.41) is 4.77. The van der Waals surface area contributed by atoms with Gasteiger partial charge in [-0.15, -0.1) is 0 Å². The van der Waals surface area contributed by atoms with Crippen LogP contribution < -0.4 is 4.90 Å². The number of benzene rings is 9. The molecule has 0 atom stereocenters. The van der Waals surface area contributed by atoms with Gasteiger partial charge in [-0.05, 0) is 124 Å². The minimum atomic E-state index is -0.106. The highest BCUT2D eigenvalue weighted by Gasteiger charge is 2.47. The van der Waals surface area contributed by atoms with E-state index in [-0.39, 0.29) is 5.41 Å². The molecule has 1 spiro atoms. The molecule has 0 radical (unpaired) electrons. The van der Waals surface area contributed by atoms with Crippen molar-refractivity contribution in [2.24, 2.45) is 0 Å². The third kappa shape index (κ3) is 4.84. The van der Waals surface area contributed by atoms with Crippen molar-refractivity contribution in [3.05, 3.63) is 229 Å². The van der Waals surface area contributed by atoms with Crippen molar-refractivity contribution in [2.45, 2.75) is 18.3 Å². The Labute approximate surface area is 348 Å². The summed E-state index contributed by atoms with van der Waals surface area (Å²) in [5.41, 5.74) is 19.3. The fraction of sp³-hybridized carbons (Fsp3) is 0.0526. The molecule has 2 heterocycles. The molecule has 0 unspecified atom stereocenters. The Bertz CT molecular complexity index is 3470. The van der Waals surface area contributed by atoms with Crippen molar-refractivity contribution in [3.63, 3.8) is 0 Å². The zero-order valence-electron chi connectivity index (χ0n) is 32.8. The number of hydrogen-bond donors (Lipinski definition) is 0. The maximum absolute atomic E-state index is 6.49. The first kappa shape index (κ1) is 33.4. The van der Waals surface area contributed by atoms with Gasteiger partial charge in [-0.25, -0.2) is 0 Å². The molecule has 0 bridgehead atoms. The molecule has 9 aromatic carbocycles. The molecule has 0 fully saturated rings. The second-order valence-electron chi connectivity index (χ2n) is 16.6. The van der Waals surface area contributed by atoms with Gasteiger partial charge in [0.05, 0.1) is 11.0 Å². The van der Waals surface area contributed by atoms with E-state index in [0.717, 1.165) is 57.5 Å². The minimum Gasteiger partial charge on any atom is -0.456 e. The number of anilines is 3. The van der Waals surface area contributed by atoms with Gasteiger partial charge in [0.2, 0.25) is 0 Å². The lowest BCUT2D eigenvalue weighted by molar-refractivity contribution is 0.563. The van der Waals surface area contributed by atoms with E-state index in [1.165, 1.54) is 66.3 Å². The van der Waals surface area contributed by atoms with E-state index in [1.54, 1.807) is 0 Å². The quantitative estimate of drug-likeness (QED) is 0.174. The predicted octanol–water partition coefficient (Wildman–Crippen LogP) is 14.9. The molecule has 2 aliphatic rings. The molecule has 0 saturated carbocycles. The van der Waals surface area contributed by atoms with Crippen LogP contribution in [0.25, 0.3) is 71.7 Å². The summed E-state index contributed by atoms with van der Waals surface area (Å²) in [6.45, 7) is 0. The van der Waals surface area contributed by atoms with Crippen LogP contribution in [0.5, 0.6) is 0 Å². The molecule has 11 aromatic rings. The largest absolute Gasteiger partial charge is 0.456 e. The summed E-state index contributed by atoms with van der Waals surface area (Å²) in [6, 6.07) is 75.7. The molecule has 3 heteroatoms. The zero-order valence-corrected chi connectivity index (χ0v) is 32.8. The lowest BCUT2D eigenvalue weighted by atomic mass is 9.75. The first-order valence-corrected chi connectivity index (χ1v) is 20.9. The molecule has 13 rings (SSSR count). The van der Waals surface area contributed by atoms with E-state index in [0.29, 0.717) is 0 Å². The Morgan fingerprint density at radius 1 is 0.400 bits per heavy atom. The smallest absolute Gasteiger partial charge is 0.137 e. The van der Waals surface area contributed by atoms with Crippen LogP contribution in [0.4, 0.5) is 17.1 Å². The SMILES string of the molecule is c1ccc(-n2c3ccccc3c3ccc(-c4ccc(N(c5ccc6c(c5)C5(Cc7ccccc7C5)c5ccccc5-6)c5ccc6c(c5)oc5ccccc56)cc4)cc32)cc1. The first-order chi connectivity index (χ1) is 29.7. The highest BCUT2D eigenvalue weighted by molar-refractivity contribution is 6.10. The Kier molecular flexibility index (Phi) is 7.06. The average molecular weight is 767 g/mol. The Morgan fingerprint density at radius 3 is 1.85 bits per heavy atom. The molecular weight excluding hydrogens is 729 g/mol. The fourth-order valence-corrected chi connectivity index (χ4v) is 10.7. The molecule has 2 aliphatic carbocycles. The van der Waals surface area contributed by atoms with E-state index in [9.17, 15) is 0 Å². The number of nitrogens with zero attached hydrogens (tertiary/aromatic N) is 2. The maximum Gasteiger partial charge on any atom is 0.137 e. The summed E-state index contributed by atoms with van der Waals surface area (Å²) in [7, 11) is 0. The Morgan fingerprint density at radius 2 is 1.00 bits per heavy atom. The number of hydrogen-bond acceptors (Lipinski definition) is 2. The molecule has 0 saturated heterocycles. The Hall–Kier alpha value is -7.62.